The molecule has 1 rings (SSSR count). The molecule has 2 nitrogen and oxygen atoms in total. The highest BCUT2D eigenvalue weighted by Crippen LogP contribution is 2.18. The second-order valence-corrected chi connectivity index (χ2v) is 4.18. The largest absolute Gasteiger partial charge is 0.325 e. The average molecular weight is 307 g/mol. The first-order valence-electron chi connectivity index (χ1n) is 3.75. The second-order valence-electron chi connectivity index (χ2n) is 2.70. The third kappa shape index (κ3) is 3.48. The minimum Gasteiger partial charge on any atom is -0.325 e. The summed E-state index contributed by atoms with van der Waals surface area (Å²) in [6.45, 7) is 1.98. The number of alkyl halides is 1. The first-order chi connectivity index (χ1) is 6.11. The van der Waals surface area contributed by atoms with Gasteiger partial charge in [-0.3, -0.25) is 4.79 Å². The molecule has 0 bridgehead atoms. The maximum Gasteiger partial charge on any atom is 0.235 e. The molecule has 0 saturated heterocycles. The molecule has 0 unspecified atom stereocenters. The Balaban J connectivity index is 2.83. The molecule has 0 atom stereocenters. The van der Waals surface area contributed by atoms with Crippen LogP contribution in [0.1, 0.15) is 5.56 Å². The summed E-state index contributed by atoms with van der Waals surface area (Å²) in [6, 6.07) is 5.78. The Kier molecular flexibility index (Phi) is 3.93. The summed E-state index contributed by atoms with van der Waals surface area (Å²) in [7, 11) is 0. The molecule has 0 aromatic heterocycles. The van der Waals surface area contributed by atoms with Crippen LogP contribution in [0, 0.1) is 6.92 Å². The molecule has 1 aromatic rings. The highest BCUT2D eigenvalue weighted by molar-refractivity contribution is 9.10. The molecule has 0 aliphatic heterocycles. The average Bonchev–Trinajstić information content (AvgIpc) is 2.02. The quantitative estimate of drug-likeness (QED) is 0.836. The molecule has 13 heavy (non-hydrogen) atoms. The lowest BCUT2D eigenvalue weighted by Crippen LogP contribution is -2.12. The molecule has 4 heteroatoms. The zero-order valence-electron chi connectivity index (χ0n) is 7.10. The van der Waals surface area contributed by atoms with E-state index in [4.69, 9.17) is 0 Å². The Morgan fingerprint density at radius 2 is 2.15 bits per heavy atom. The number of hydrogen-bond donors (Lipinski definition) is 1. The van der Waals surface area contributed by atoms with E-state index in [0.29, 0.717) is 5.33 Å². The van der Waals surface area contributed by atoms with Crippen molar-refractivity contribution in [2.45, 2.75) is 6.92 Å². The van der Waals surface area contributed by atoms with Crippen molar-refractivity contribution < 1.29 is 4.79 Å². The number of aryl methyl sites for hydroxylation is 1. The lowest BCUT2D eigenvalue weighted by atomic mass is 10.2. The molecule has 0 heterocycles. The van der Waals surface area contributed by atoms with Gasteiger partial charge in [0.05, 0.1) is 5.33 Å². The molecule has 1 aromatic carbocycles. The fourth-order valence-electron chi connectivity index (χ4n) is 1.00. The van der Waals surface area contributed by atoms with Gasteiger partial charge in [-0.2, -0.15) is 0 Å². The third-order valence-corrected chi connectivity index (χ3v) is 2.41. The lowest BCUT2D eigenvalue weighted by molar-refractivity contribution is -0.113. The molecular formula is C9H9Br2NO. The van der Waals surface area contributed by atoms with Crippen molar-refractivity contribution in [2.24, 2.45) is 0 Å². The smallest absolute Gasteiger partial charge is 0.235 e. The highest BCUT2D eigenvalue weighted by atomic mass is 79.9. The summed E-state index contributed by atoms with van der Waals surface area (Å²) in [5.41, 5.74) is 1.93. The van der Waals surface area contributed by atoms with Gasteiger partial charge in [-0.15, -0.1) is 0 Å². The van der Waals surface area contributed by atoms with Crippen molar-refractivity contribution in [3.8, 4) is 0 Å². The first kappa shape index (κ1) is 10.7. The monoisotopic (exact) mass is 305 g/mol. The van der Waals surface area contributed by atoms with Gasteiger partial charge in [-0.1, -0.05) is 31.9 Å². The van der Waals surface area contributed by atoms with Crippen LogP contribution >= 0.6 is 31.9 Å². The van der Waals surface area contributed by atoms with Crippen LogP contribution in [0.15, 0.2) is 22.7 Å². The van der Waals surface area contributed by atoms with Gasteiger partial charge >= 0.3 is 0 Å². The summed E-state index contributed by atoms with van der Waals surface area (Å²) < 4.78 is 0.970. The van der Waals surface area contributed by atoms with Crippen LogP contribution in [0.25, 0.3) is 0 Å². The van der Waals surface area contributed by atoms with E-state index >= 15 is 0 Å². The lowest BCUT2D eigenvalue weighted by Gasteiger charge is -2.04. The standard InChI is InChI=1S/C9H9Br2NO/c1-6-2-7(11)4-8(3-6)12-9(13)5-10/h2-4H,5H2,1H3,(H,12,13). The fourth-order valence-corrected chi connectivity index (χ4v) is 1.75. The van der Waals surface area contributed by atoms with Crippen LogP contribution in [0.3, 0.4) is 0 Å². The van der Waals surface area contributed by atoms with E-state index in [1.165, 1.54) is 0 Å². The van der Waals surface area contributed by atoms with E-state index in [1.807, 2.05) is 25.1 Å². The zero-order chi connectivity index (χ0) is 9.84. The van der Waals surface area contributed by atoms with Crippen LogP contribution < -0.4 is 5.32 Å². The number of anilines is 1. The van der Waals surface area contributed by atoms with E-state index in [0.717, 1.165) is 15.7 Å². The summed E-state index contributed by atoms with van der Waals surface area (Å²) in [4.78, 5) is 11.0. The number of carbonyl (C=O) groups excluding carboxylic acids is 1. The van der Waals surface area contributed by atoms with Crippen molar-refractivity contribution >= 4 is 43.5 Å². The maximum absolute atomic E-state index is 11.0. The minimum atomic E-state index is -0.0440. The summed E-state index contributed by atoms with van der Waals surface area (Å²) in [5, 5.41) is 3.08. The van der Waals surface area contributed by atoms with Gasteiger partial charge in [0.1, 0.15) is 0 Å². The van der Waals surface area contributed by atoms with Gasteiger partial charge in [-0.05, 0) is 30.7 Å². The number of carbonyl (C=O) groups is 1. The van der Waals surface area contributed by atoms with E-state index in [9.17, 15) is 4.79 Å². The second kappa shape index (κ2) is 4.77. The van der Waals surface area contributed by atoms with Crippen molar-refractivity contribution in [1.82, 2.24) is 0 Å². The van der Waals surface area contributed by atoms with Crippen LogP contribution in [0.5, 0.6) is 0 Å². The van der Waals surface area contributed by atoms with Crippen LogP contribution in [-0.2, 0) is 4.79 Å². The summed E-state index contributed by atoms with van der Waals surface area (Å²) >= 11 is 6.45. The van der Waals surface area contributed by atoms with Gasteiger partial charge in [-0.25, -0.2) is 0 Å². The topological polar surface area (TPSA) is 29.1 Å². The van der Waals surface area contributed by atoms with E-state index in [2.05, 4.69) is 37.2 Å². The fraction of sp³-hybridized carbons (Fsp3) is 0.222. The SMILES string of the molecule is Cc1cc(Br)cc(NC(=O)CBr)c1. The molecule has 70 valence electrons. The number of hydrogen-bond acceptors (Lipinski definition) is 1. The Bertz CT molecular complexity index is 305. The highest BCUT2D eigenvalue weighted by Gasteiger charge is 2.00. The molecular weight excluding hydrogens is 298 g/mol. The van der Waals surface area contributed by atoms with Crippen LogP contribution in [-0.4, -0.2) is 11.2 Å². The maximum atomic E-state index is 11.0. The van der Waals surface area contributed by atoms with Crippen molar-refractivity contribution in [1.29, 1.82) is 0 Å². The normalized spacial score (nSPS) is 9.77. The molecule has 0 spiro atoms. The number of halogens is 2. The first-order valence-corrected chi connectivity index (χ1v) is 5.66. The Hall–Kier alpha value is -0.350. The third-order valence-electron chi connectivity index (χ3n) is 1.45. The number of nitrogens with one attached hydrogen (secondary N) is 1. The number of rotatable bonds is 2. The minimum absolute atomic E-state index is 0.0440. The molecule has 1 amide bonds. The van der Waals surface area contributed by atoms with Gasteiger partial charge in [0, 0.05) is 10.2 Å². The van der Waals surface area contributed by atoms with Crippen molar-refractivity contribution in [2.75, 3.05) is 10.6 Å². The van der Waals surface area contributed by atoms with Crippen LogP contribution in [0.2, 0.25) is 0 Å². The van der Waals surface area contributed by atoms with Crippen molar-refractivity contribution in [3.63, 3.8) is 0 Å². The summed E-state index contributed by atoms with van der Waals surface area (Å²) in [6.07, 6.45) is 0. The molecule has 0 aliphatic rings. The van der Waals surface area contributed by atoms with E-state index in [-0.39, 0.29) is 5.91 Å². The predicted octanol–water partition coefficient (Wildman–Crippen LogP) is 3.09. The summed E-state index contributed by atoms with van der Waals surface area (Å²) in [5.74, 6) is -0.0440. The molecule has 0 aliphatic carbocycles. The Morgan fingerprint density at radius 3 is 2.69 bits per heavy atom. The molecule has 0 saturated carbocycles. The van der Waals surface area contributed by atoms with Crippen LogP contribution in [0.4, 0.5) is 5.69 Å². The van der Waals surface area contributed by atoms with E-state index < -0.39 is 0 Å². The Morgan fingerprint density at radius 1 is 1.46 bits per heavy atom. The number of amides is 1. The van der Waals surface area contributed by atoms with Gasteiger partial charge in [0.15, 0.2) is 0 Å². The predicted molar refractivity (Wildman–Crippen MR) is 61.3 cm³/mol. The molecule has 1 N–H and O–H groups in total. The number of benzene rings is 1. The van der Waals surface area contributed by atoms with Gasteiger partial charge in [0.25, 0.3) is 0 Å². The van der Waals surface area contributed by atoms with Gasteiger partial charge in [0.2, 0.25) is 5.91 Å². The van der Waals surface area contributed by atoms with Gasteiger partial charge < -0.3 is 5.32 Å². The molecule has 0 fully saturated rings. The Labute approximate surface area is 94.0 Å². The molecule has 0 radical (unpaired) electrons. The zero-order valence-corrected chi connectivity index (χ0v) is 10.3. The van der Waals surface area contributed by atoms with Crippen molar-refractivity contribution in [3.05, 3.63) is 28.2 Å². The van der Waals surface area contributed by atoms with E-state index in [1.54, 1.807) is 0 Å².